The average Bonchev–Trinajstić information content (AvgIpc) is 2.92. The van der Waals surface area contributed by atoms with Crippen LogP contribution in [0.3, 0.4) is 0 Å². The zero-order valence-electron chi connectivity index (χ0n) is 24.7. The Balaban J connectivity index is 2.07. The lowest BCUT2D eigenvalue weighted by molar-refractivity contribution is -0.137. The number of carbonyl (C=O) groups is 4. The molecule has 0 bridgehead atoms. The van der Waals surface area contributed by atoms with Crippen molar-refractivity contribution in [1.82, 2.24) is 44.9 Å². The SMILES string of the molecule is CCNC(=O)CN(CCNC(=O)CN(CCNC(C)C)C(=O)Cn1cc(C)c(=O)[nH]c1=O)C(=O)Cn1ccc(=O)[nH]c1=O. The van der Waals surface area contributed by atoms with E-state index < -0.39 is 59.2 Å². The molecular formula is C26H39N9O8. The van der Waals surface area contributed by atoms with Crippen molar-refractivity contribution >= 4 is 23.6 Å². The number of nitrogens with zero attached hydrogens (tertiary/aromatic N) is 4. The second kappa shape index (κ2) is 16.6. The summed E-state index contributed by atoms with van der Waals surface area (Å²) < 4.78 is 2.04. The summed E-state index contributed by atoms with van der Waals surface area (Å²) in [4.78, 5) is 105. The van der Waals surface area contributed by atoms with Crippen LogP contribution >= 0.6 is 0 Å². The number of aromatic amines is 2. The van der Waals surface area contributed by atoms with Gasteiger partial charge in [0.2, 0.25) is 23.6 Å². The Morgan fingerprint density at radius 3 is 1.98 bits per heavy atom. The molecule has 0 unspecified atom stereocenters. The van der Waals surface area contributed by atoms with Crippen LogP contribution in [0.15, 0.2) is 37.6 Å². The molecular weight excluding hydrogens is 566 g/mol. The summed E-state index contributed by atoms with van der Waals surface area (Å²) in [5, 5.41) is 8.35. The number of hydrogen-bond acceptors (Lipinski definition) is 9. The van der Waals surface area contributed by atoms with E-state index in [2.05, 4.69) is 20.9 Å². The third-order valence-electron chi connectivity index (χ3n) is 6.08. The monoisotopic (exact) mass is 605 g/mol. The molecule has 0 fully saturated rings. The van der Waals surface area contributed by atoms with E-state index in [1.54, 1.807) is 6.92 Å². The van der Waals surface area contributed by atoms with Gasteiger partial charge in [-0.05, 0) is 13.8 Å². The fourth-order valence-corrected chi connectivity index (χ4v) is 3.85. The maximum Gasteiger partial charge on any atom is 0.328 e. The maximum atomic E-state index is 13.1. The molecule has 5 N–H and O–H groups in total. The molecule has 0 radical (unpaired) electrons. The van der Waals surface area contributed by atoms with Gasteiger partial charge in [0.1, 0.15) is 13.1 Å². The van der Waals surface area contributed by atoms with Gasteiger partial charge in [-0.2, -0.15) is 0 Å². The highest BCUT2D eigenvalue weighted by Gasteiger charge is 2.21. The van der Waals surface area contributed by atoms with Crippen LogP contribution in [-0.4, -0.2) is 104 Å². The molecule has 2 aromatic heterocycles. The fraction of sp³-hybridized carbons (Fsp3) is 0.538. The number of rotatable bonds is 16. The van der Waals surface area contributed by atoms with Crippen LogP contribution in [0.4, 0.5) is 0 Å². The van der Waals surface area contributed by atoms with E-state index >= 15 is 0 Å². The summed E-state index contributed by atoms with van der Waals surface area (Å²) >= 11 is 0. The van der Waals surface area contributed by atoms with E-state index in [1.165, 1.54) is 18.0 Å². The van der Waals surface area contributed by atoms with Crippen LogP contribution < -0.4 is 38.4 Å². The predicted octanol–water partition coefficient (Wildman–Crippen LogP) is -3.70. The van der Waals surface area contributed by atoms with E-state index in [-0.39, 0.29) is 44.3 Å². The number of hydrogen-bond donors (Lipinski definition) is 5. The molecule has 17 nitrogen and oxygen atoms in total. The topological polar surface area (TPSA) is 221 Å². The van der Waals surface area contributed by atoms with Gasteiger partial charge in [-0.25, -0.2) is 9.59 Å². The number of aromatic nitrogens is 4. The normalized spacial score (nSPS) is 10.8. The average molecular weight is 606 g/mol. The summed E-state index contributed by atoms with van der Waals surface area (Å²) in [7, 11) is 0. The van der Waals surface area contributed by atoms with Crippen molar-refractivity contribution in [3.63, 3.8) is 0 Å². The molecule has 0 saturated heterocycles. The highest BCUT2D eigenvalue weighted by atomic mass is 16.2. The van der Waals surface area contributed by atoms with Gasteiger partial charge in [-0.15, -0.1) is 0 Å². The van der Waals surface area contributed by atoms with Crippen molar-refractivity contribution in [3.8, 4) is 0 Å². The maximum absolute atomic E-state index is 13.1. The van der Waals surface area contributed by atoms with Gasteiger partial charge in [-0.1, -0.05) is 13.8 Å². The Kier molecular flexibility index (Phi) is 13.3. The van der Waals surface area contributed by atoms with Gasteiger partial charge in [0.05, 0.1) is 13.1 Å². The molecule has 2 rings (SSSR count). The second-order valence-corrected chi connectivity index (χ2v) is 9.98. The third kappa shape index (κ3) is 11.5. The largest absolute Gasteiger partial charge is 0.355 e. The summed E-state index contributed by atoms with van der Waals surface area (Å²) in [5.74, 6) is -2.13. The minimum absolute atomic E-state index is 0.0741. The molecule has 236 valence electrons. The van der Waals surface area contributed by atoms with Crippen molar-refractivity contribution in [2.24, 2.45) is 0 Å². The van der Waals surface area contributed by atoms with Gasteiger partial charge >= 0.3 is 11.4 Å². The van der Waals surface area contributed by atoms with Crippen LogP contribution in [0.2, 0.25) is 0 Å². The molecule has 0 spiro atoms. The first-order valence-corrected chi connectivity index (χ1v) is 13.7. The predicted molar refractivity (Wildman–Crippen MR) is 155 cm³/mol. The summed E-state index contributed by atoms with van der Waals surface area (Å²) in [5.41, 5.74) is -2.48. The van der Waals surface area contributed by atoms with Crippen LogP contribution in [0.25, 0.3) is 0 Å². The highest BCUT2D eigenvalue weighted by molar-refractivity contribution is 5.85. The minimum atomic E-state index is -0.789. The van der Waals surface area contributed by atoms with Gasteiger partial charge in [0.15, 0.2) is 0 Å². The lowest BCUT2D eigenvalue weighted by Gasteiger charge is -2.25. The van der Waals surface area contributed by atoms with E-state index in [4.69, 9.17) is 0 Å². The Labute approximate surface area is 246 Å². The number of nitrogens with one attached hydrogen (secondary N) is 5. The number of amides is 4. The first kappa shape index (κ1) is 34.4. The smallest absolute Gasteiger partial charge is 0.328 e. The standard InChI is InChI=1S/C26H39N9O8/c1-5-27-20(37)13-33(22(39)15-34-9-6-19(36)30-25(34)42)11-8-29-21(38)14-32(10-7-28-17(2)3)23(40)16-35-12-18(4)24(41)31-26(35)43/h6,9,12,17,28H,5,7-8,10-11,13-16H2,1-4H3,(H,27,37)(H,29,38)(H,30,36,42)(H,31,41,43). The molecule has 0 atom stereocenters. The van der Waals surface area contributed by atoms with E-state index in [0.29, 0.717) is 13.1 Å². The number of H-pyrrole nitrogens is 2. The highest BCUT2D eigenvalue weighted by Crippen LogP contribution is 1.96. The van der Waals surface area contributed by atoms with Crippen LogP contribution in [-0.2, 0) is 32.3 Å². The number of carbonyl (C=O) groups excluding carboxylic acids is 4. The fourth-order valence-electron chi connectivity index (χ4n) is 3.85. The Morgan fingerprint density at radius 2 is 1.40 bits per heavy atom. The molecule has 0 aromatic carbocycles. The van der Waals surface area contributed by atoms with Gasteiger partial charge in [0.25, 0.3) is 11.1 Å². The van der Waals surface area contributed by atoms with E-state index in [9.17, 15) is 38.4 Å². The second-order valence-electron chi connectivity index (χ2n) is 9.98. The third-order valence-corrected chi connectivity index (χ3v) is 6.08. The summed E-state index contributed by atoms with van der Waals surface area (Å²) in [6.07, 6.45) is 2.43. The Morgan fingerprint density at radius 1 is 0.837 bits per heavy atom. The Hall–Kier alpha value is -4.80. The molecule has 4 amide bonds. The molecule has 2 aromatic rings. The van der Waals surface area contributed by atoms with Gasteiger partial charge < -0.3 is 25.8 Å². The van der Waals surface area contributed by atoms with Crippen LogP contribution in [0.5, 0.6) is 0 Å². The zero-order valence-corrected chi connectivity index (χ0v) is 24.7. The van der Waals surface area contributed by atoms with Crippen LogP contribution in [0, 0.1) is 6.92 Å². The van der Waals surface area contributed by atoms with Crippen molar-refractivity contribution < 1.29 is 19.2 Å². The number of likely N-dealkylation sites (N-methyl/N-ethyl adjacent to an activating group) is 1. The minimum Gasteiger partial charge on any atom is -0.355 e. The van der Waals surface area contributed by atoms with Crippen molar-refractivity contribution in [1.29, 1.82) is 0 Å². The van der Waals surface area contributed by atoms with E-state index in [0.717, 1.165) is 26.3 Å². The summed E-state index contributed by atoms with van der Waals surface area (Å²) in [6.45, 7) is 6.20. The molecule has 0 aliphatic carbocycles. The van der Waals surface area contributed by atoms with Gasteiger partial charge in [-0.3, -0.25) is 47.9 Å². The molecule has 2 heterocycles. The van der Waals surface area contributed by atoms with Crippen molar-refractivity contribution in [2.75, 3.05) is 45.8 Å². The van der Waals surface area contributed by atoms with Crippen molar-refractivity contribution in [3.05, 3.63) is 65.7 Å². The first-order chi connectivity index (χ1) is 20.3. The molecule has 43 heavy (non-hydrogen) atoms. The van der Waals surface area contributed by atoms with Crippen LogP contribution in [0.1, 0.15) is 26.3 Å². The van der Waals surface area contributed by atoms with Crippen molar-refractivity contribution in [2.45, 2.75) is 46.8 Å². The molecule has 0 aliphatic rings. The van der Waals surface area contributed by atoms with E-state index in [1.807, 2.05) is 18.8 Å². The first-order valence-electron chi connectivity index (χ1n) is 13.7. The molecule has 0 saturated carbocycles. The molecule has 17 heteroatoms. The summed E-state index contributed by atoms with van der Waals surface area (Å²) in [6, 6.07) is 1.21. The lowest BCUT2D eigenvalue weighted by atomic mass is 10.3. The Bertz CT molecular complexity index is 1520. The number of aryl methyl sites for hydroxylation is 1. The molecule has 0 aliphatic heterocycles. The quantitative estimate of drug-likeness (QED) is 0.127. The van der Waals surface area contributed by atoms with Gasteiger partial charge in [0, 0.05) is 62.8 Å². The zero-order chi connectivity index (χ0) is 32.1. The lowest BCUT2D eigenvalue weighted by Crippen LogP contribution is -2.49.